The Hall–Kier alpha value is -1.29. The van der Waals surface area contributed by atoms with Crippen LogP contribution in [0.1, 0.15) is 39.0 Å². The fourth-order valence-corrected chi connectivity index (χ4v) is 1.01. The van der Waals surface area contributed by atoms with Gasteiger partial charge in [0.2, 0.25) is 0 Å². The Bertz CT molecular complexity index is 228. The van der Waals surface area contributed by atoms with Crippen molar-refractivity contribution in [2.24, 2.45) is 0 Å². The molecule has 1 heteroatoms. The Morgan fingerprint density at radius 2 is 1.64 bits per heavy atom. The highest BCUT2D eigenvalue weighted by Crippen LogP contribution is 1.97. The molecule has 0 atom stereocenters. The molecule has 0 amide bonds. The molecule has 0 spiro atoms. The van der Waals surface area contributed by atoms with E-state index >= 15 is 0 Å². The predicted molar refractivity (Wildman–Crippen MR) is 61.8 cm³/mol. The van der Waals surface area contributed by atoms with Crippen LogP contribution in [0, 0.1) is 11.3 Å². The first kappa shape index (κ1) is 12.7. The maximum absolute atomic E-state index is 8.22. The molecule has 0 aromatic carbocycles. The van der Waals surface area contributed by atoms with Gasteiger partial charge in [-0.3, -0.25) is 0 Å². The summed E-state index contributed by atoms with van der Waals surface area (Å²) in [7, 11) is 0. The summed E-state index contributed by atoms with van der Waals surface area (Å²) in [5, 5.41) is 8.22. The molecule has 0 saturated carbocycles. The molecule has 1 nitrogen and oxygen atoms in total. The number of hydrogen-bond donors (Lipinski definition) is 0. The van der Waals surface area contributed by atoms with E-state index in [2.05, 4.69) is 31.2 Å². The Morgan fingerprint density at radius 3 is 2.29 bits per heavy atom. The molecule has 0 heterocycles. The van der Waals surface area contributed by atoms with E-state index in [0.717, 1.165) is 12.8 Å². The van der Waals surface area contributed by atoms with Crippen LogP contribution in [-0.2, 0) is 0 Å². The molecular weight excluding hydrogens is 170 g/mol. The second kappa shape index (κ2) is 11.7. The standard InChI is InChI=1S/C13H19N/c1-2-3-4-5-6-7-8-9-10-11-12-13-14/h5-6,8-9,11-12H,2-4,7,10H2,1H3/b6-5+,9-8+,12-11+. The second-order valence-corrected chi connectivity index (χ2v) is 3.09. The van der Waals surface area contributed by atoms with E-state index in [-0.39, 0.29) is 0 Å². The smallest absolute Gasteiger partial charge is 0.0908 e. The number of nitrogens with zero attached hydrogens (tertiary/aromatic N) is 1. The summed E-state index contributed by atoms with van der Waals surface area (Å²) >= 11 is 0. The fourth-order valence-electron chi connectivity index (χ4n) is 1.01. The molecule has 0 aromatic heterocycles. The molecular formula is C13H19N. The second-order valence-electron chi connectivity index (χ2n) is 3.09. The molecule has 0 fully saturated rings. The van der Waals surface area contributed by atoms with Crippen molar-refractivity contribution >= 4 is 0 Å². The highest BCUT2D eigenvalue weighted by molar-refractivity contribution is 5.05. The maximum Gasteiger partial charge on any atom is 0.0908 e. The van der Waals surface area contributed by atoms with E-state index in [9.17, 15) is 0 Å². The van der Waals surface area contributed by atoms with Crippen molar-refractivity contribution in [1.82, 2.24) is 0 Å². The average Bonchev–Trinajstić information content (AvgIpc) is 2.21. The first-order chi connectivity index (χ1) is 6.91. The first-order valence-corrected chi connectivity index (χ1v) is 5.26. The van der Waals surface area contributed by atoms with Crippen molar-refractivity contribution in [3.8, 4) is 6.07 Å². The Morgan fingerprint density at radius 1 is 1.00 bits per heavy atom. The zero-order valence-electron chi connectivity index (χ0n) is 8.95. The number of unbranched alkanes of at least 4 members (excludes halogenated alkanes) is 2. The maximum atomic E-state index is 8.22. The SMILES string of the molecule is CCCC/C=C/C/C=C/C/C=C/C#N. The lowest BCUT2D eigenvalue weighted by molar-refractivity contribution is 0.813. The highest BCUT2D eigenvalue weighted by atomic mass is 14.2. The summed E-state index contributed by atoms with van der Waals surface area (Å²) in [5.41, 5.74) is 0. The molecule has 14 heavy (non-hydrogen) atoms. The summed E-state index contributed by atoms with van der Waals surface area (Å²) in [6, 6.07) is 1.96. The van der Waals surface area contributed by atoms with Crippen LogP contribution in [-0.4, -0.2) is 0 Å². The van der Waals surface area contributed by atoms with Crippen molar-refractivity contribution in [1.29, 1.82) is 5.26 Å². The average molecular weight is 189 g/mol. The zero-order valence-corrected chi connectivity index (χ0v) is 8.95. The van der Waals surface area contributed by atoms with Crippen LogP contribution in [0.25, 0.3) is 0 Å². The van der Waals surface area contributed by atoms with E-state index in [4.69, 9.17) is 5.26 Å². The molecule has 0 aliphatic rings. The summed E-state index contributed by atoms with van der Waals surface area (Å²) < 4.78 is 0. The fraction of sp³-hybridized carbons (Fsp3) is 0.462. The van der Waals surface area contributed by atoms with Gasteiger partial charge in [0.1, 0.15) is 0 Å². The van der Waals surface area contributed by atoms with Gasteiger partial charge in [-0.05, 0) is 19.3 Å². The van der Waals surface area contributed by atoms with Gasteiger partial charge in [0.25, 0.3) is 0 Å². The molecule has 0 aliphatic heterocycles. The van der Waals surface area contributed by atoms with Crippen LogP contribution in [0.15, 0.2) is 36.5 Å². The topological polar surface area (TPSA) is 23.8 Å². The van der Waals surface area contributed by atoms with Crippen molar-refractivity contribution in [2.45, 2.75) is 39.0 Å². The largest absolute Gasteiger partial charge is 0.193 e. The molecule has 0 rings (SSSR count). The summed E-state index contributed by atoms with van der Waals surface area (Å²) in [6.45, 7) is 2.20. The molecule has 0 aromatic rings. The minimum atomic E-state index is 0.857. The number of hydrogen-bond acceptors (Lipinski definition) is 1. The monoisotopic (exact) mass is 189 g/mol. The third-order valence-electron chi connectivity index (χ3n) is 1.79. The van der Waals surface area contributed by atoms with Crippen LogP contribution in [0.4, 0.5) is 0 Å². The van der Waals surface area contributed by atoms with Crippen LogP contribution in [0.3, 0.4) is 0 Å². The third-order valence-corrected chi connectivity index (χ3v) is 1.79. The molecule has 0 unspecified atom stereocenters. The van der Waals surface area contributed by atoms with Crippen LogP contribution in [0.2, 0.25) is 0 Å². The highest BCUT2D eigenvalue weighted by Gasteiger charge is 1.76. The van der Waals surface area contributed by atoms with E-state index in [1.165, 1.54) is 25.3 Å². The van der Waals surface area contributed by atoms with Gasteiger partial charge in [0, 0.05) is 6.08 Å². The van der Waals surface area contributed by atoms with Gasteiger partial charge in [-0.25, -0.2) is 0 Å². The first-order valence-electron chi connectivity index (χ1n) is 5.26. The summed E-state index contributed by atoms with van der Waals surface area (Å²) in [6.07, 6.45) is 17.6. The molecule has 76 valence electrons. The van der Waals surface area contributed by atoms with E-state index in [1.807, 2.05) is 12.1 Å². The van der Waals surface area contributed by atoms with E-state index < -0.39 is 0 Å². The third kappa shape index (κ3) is 10.7. The Labute approximate surface area is 87.4 Å². The predicted octanol–water partition coefficient (Wildman–Crippen LogP) is 4.15. The van der Waals surface area contributed by atoms with Gasteiger partial charge >= 0.3 is 0 Å². The lowest BCUT2D eigenvalue weighted by Crippen LogP contribution is -1.66. The van der Waals surface area contributed by atoms with Crippen LogP contribution >= 0.6 is 0 Å². The van der Waals surface area contributed by atoms with E-state index in [1.54, 1.807) is 0 Å². The lowest BCUT2D eigenvalue weighted by atomic mass is 10.2. The molecule has 0 N–H and O–H groups in total. The molecule has 0 radical (unpaired) electrons. The Balaban J connectivity index is 3.31. The van der Waals surface area contributed by atoms with Crippen molar-refractivity contribution in [3.05, 3.63) is 36.5 Å². The summed E-state index contributed by atoms with van der Waals surface area (Å²) in [4.78, 5) is 0. The minimum absolute atomic E-state index is 0.857. The normalized spacial score (nSPS) is 11.7. The number of rotatable bonds is 7. The van der Waals surface area contributed by atoms with Gasteiger partial charge in [-0.1, -0.05) is 50.1 Å². The van der Waals surface area contributed by atoms with Gasteiger partial charge < -0.3 is 0 Å². The van der Waals surface area contributed by atoms with Gasteiger partial charge in [-0.2, -0.15) is 5.26 Å². The van der Waals surface area contributed by atoms with Crippen molar-refractivity contribution in [3.63, 3.8) is 0 Å². The van der Waals surface area contributed by atoms with Crippen molar-refractivity contribution in [2.75, 3.05) is 0 Å². The van der Waals surface area contributed by atoms with Crippen LogP contribution < -0.4 is 0 Å². The van der Waals surface area contributed by atoms with Crippen molar-refractivity contribution < 1.29 is 0 Å². The Kier molecular flexibility index (Phi) is 10.6. The molecule has 0 bridgehead atoms. The summed E-state index contributed by atoms with van der Waals surface area (Å²) in [5.74, 6) is 0. The van der Waals surface area contributed by atoms with Gasteiger partial charge in [0.05, 0.1) is 6.07 Å². The number of nitriles is 1. The van der Waals surface area contributed by atoms with Gasteiger partial charge in [-0.15, -0.1) is 0 Å². The number of allylic oxidation sites excluding steroid dienone is 6. The van der Waals surface area contributed by atoms with Crippen LogP contribution in [0.5, 0.6) is 0 Å². The zero-order chi connectivity index (χ0) is 10.5. The minimum Gasteiger partial charge on any atom is -0.193 e. The lowest BCUT2D eigenvalue weighted by Gasteiger charge is -1.87. The molecule has 0 aliphatic carbocycles. The van der Waals surface area contributed by atoms with Gasteiger partial charge in [0.15, 0.2) is 0 Å². The van der Waals surface area contributed by atoms with E-state index in [0.29, 0.717) is 0 Å². The quantitative estimate of drug-likeness (QED) is 0.335. The molecule has 0 saturated heterocycles.